The Balaban J connectivity index is 1.06. The van der Waals surface area contributed by atoms with Crippen molar-refractivity contribution in [2.75, 3.05) is 12.0 Å². The first-order valence-electron chi connectivity index (χ1n) is 14.7. The molecule has 0 spiro atoms. The zero-order valence-corrected chi connectivity index (χ0v) is 25.6. The van der Waals surface area contributed by atoms with Crippen molar-refractivity contribution in [2.45, 2.75) is 83.1 Å². The topological polar surface area (TPSA) is 77.7 Å². The number of hydrogen-bond donors (Lipinski definition) is 0. The van der Waals surface area contributed by atoms with Crippen LogP contribution in [0.4, 0.5) is 5.13 Å². The zero-order chi connectivity index (χ0) is 29.0. The summed E-state index contributed by atoms with van der Waals surface area (Å²) in [5.41, 5.74) is 7.47. The molecule has 4 heterocycles. The van der Waals surface area contributed by atoms with Gasteiger partial charge in [0.05, 0.1) is 36.1 Å². The Hall–Kier alpha value is -3.20. The number of ether oxygens (including phenoxy) is 2. The van der Waals surface area contributed by atoms with Crippen molar-refractivity contribution in [1.29, 1.82) is 0 Å². The van der Waals surface area contributed by atoms with E-state index >= 15 is 0 Å². The third-order valence-corrected chi connectivity index (χ3v) is 10.2. The molecular weight excluding hydrogens is 570 g/mol. The van der Waals surface area contributed by atoms with Gasteiger partial charge >= 0.3 is 5.97 Å². The third kappa shape index (κ3) is 5.03. The molecule has 2 aromatic carbocycles. The second-order valence-electron chi connectivity index (χ2n) is 11.8. The van der Waals surface area contributed by atoms with E-state index in [1.807, 2.05) is 37.3 Å². The Labute approximate surface area is 254 Å². The number of benzene rings is 2. The van der Waals surface area contributed by atoms with Gasteiger partial charge in [0.2, 0.25) is 0 Å². The van der Waals surface area contributed by atoms with E-state index in [2.05, 4.69) is 28.4 Å². The second kappa shape index (κ2) is 11.1. The maximum Gasteiger partial charge on any atom is 0.337 e. The summed E-state index contributed by atoms with van der Waals surface area (Å²) in [4.78, 5) is 19.5. The molecule has 1 aliphatic carbocycles. The molecular formula is C33H34ClN3O4S. The number of methoxy groups -OCH3 is 1. The van der Waals surface area contributed by atoms with Crippen LogP contribution in [-0.2, 0) is 16.1 Å². The van der Waals surface area contributed by atoms with Crippen LogP contribution in [0.5, 0.6) is 0 Å². The van der Waals surface area contributed by atoms with Gasteiger partial charge in [0.1, 0.15) is 11.5 Å². The number of piperidine rings is 1. The summed E-state index contributed by atoms with van der Waals surface area (Å²) in [5, 5.41) is 8.39. The number of hydrogen-bond acceptors (Lipinski definition) is 8. The molecule has 3 atom stereocenters. The fourth-order valence-electron chi connectivity index (χ4n) is 6.74. The summed E-state index contributed by atoms with van der Waals surface area (Å²) in [6.45, 7) is 4.56. The average Bonchev–Trinajstić information content (AvgIpc) is 3.46. The third-order valence-electron chi connectivity index (χ3n) is 9.02. The number of esters is 1. The van der Waals surface area contributed by atoms with Crippen LogP contribution < -0.4 is 4.90 Å². The van der Waals surface area contributed by atoms with Crippen LogP contribution in [0.1, 0.15) is 77.3 Å². The van der Waals surface area contributed by atoms with Gasteiger partial charge in [0.25, 0.3) is 0 Å². The van der Waals surface area contributed by atoms with Gasteiger partial charge < -0.3 is 18.9 Å². The Morgan fingerprint density at radius 1 is 1.10 bits per heavy atom. The maximum absolute atomic E-state index is 11.9. The molecule has 2 saturated heterocycles. The number of anilines is 1. The summed E-state index contributed by atoms with van der Waals surface area (Å²) in [6, 6.07) is 12.4. The number of carbonyl (C=O) groups excluding carboxylic acids is 1. The highest BCUT2D eigenvalue weighted by atomic mass is 35.5. The van der Waals surface area contributed by atoms with E-state index in [0.29, 0.717) is 35.2 Å². The molecule has 0 unspecified atom stereocenters. The number of rotatable bonds is 8. The molecule has 2 aromatic heterocycles. The van der Waals surface area contributed by atoms with E-state index in [1.54, 1.807) is 11.3 Å². The van der Waals surface area contributed by atoms with Crippen LogP contribution in [-0.4, -0.2) is 41.4 Å². The van der Waals surface area contributed by atoms with Gasteiger partial charge in [-0.15, -0.1) is 11.3 Å². The van der Waals surface area contributed by atoms with E-state index in [9.17, 15) is 4.79 Å². The summed E-state index contributed by atoms with van der Waals surface area (Å²) < 4.78 is 17.4. The van der Waals surface area contributed by atoms with Crippen molar-refractivity contribution < 1.29 is 18.8 Å². The number of halogens is 1. The highest BCUT2D eigenvalue weighted by Crippen LogP contribution is 2.47. The fourth-order valence-corrected chi connectivity index (χ4v) is 8.01. The van der Waals surface area contributed by atoms with Gasteiger partial charge in [-0.3, -0.25) is 0 Å². The highest BCUT2D eigenvalue weighted by Gasteiger charge is 2.43. The molecule has 4 aromatic rings. The first-order chi connectivity index (χ1) is 20.4. The van der Waals surface area contributed by atoms with E-state index in [4.69, 9.17) is 30.6 Å². The van der Waals surface area contributed by atoms with Gasteiger partial charge in [-0.2, -0.15) is 0 Å². The van der Waals surface area contributed by atoms with Gasteiger partial charge in [-0.25, -0.2) is 9.78 Å². The number of nitrogens with zero attached hydrogens (tertiary/aromatic N) is 3. The van der Waals surface area contributed by atoms with Crippen LogP contribution >= 0.6 is 22.9 Å². The van der Waals surface area contributed by atoms with Crippen molar-refractivity contribution in [1.82, 2.24) is 10.1 Å². The molecule has 0 N–H and O–H groups in total. The highest BCUT2D eigenvalue weighted by molar-refractivity contribution is 7.14. The van der Waals surface area contributed by atoms with Crippen molar-refractivity contribution in [3.63, 3.8) is 0 Å². The van der Waals surface area contributed by atoms with Crippen LogP contribution in [0.25, 0.3) is 22.5 Å². The lowest BCUT2D eigenvalue weighted by Gasteiger charge is -2.38. The average molecular weight is 604 g/mol. The summed E-state index contributed by atoms with van der Waals surface area (Å²) in [5.74, 6) is 1.08. The number of aromatic nitrogens is 2. The normalized spacial score (nSPS) is 21.6. The van der Waals surface area contributed by atoms with Crippen molar-refractivity contribution >= 4 is 34.0 Å². The maximum atomic E-state index is 11.9. The molecule has 3 fully saturated rings. The first kappa shape index (κ1) is 27.6. The van der Waals surface area contributed by atoms with Gasteiger partial charge in [-0.05, 0) is 81.7 Å². The lowest BCUT2D eigenvalue weighted by Crippen LogP contribution is -2.45. The molecule has 42 heavy (non-hydrogen) atoms. The van der Waals surface area contributed by atoms with Crippen LogP contribution in [0, 0.1) is 13.8 Å². The quantitative estimate of drug-likeness (QED) is 0.188. The monoisotopic (exact) mass is 603 g/mol. The molecule has 0 radical (unpaired) electrons. The van der Waals surface area contributed by atoms with E-state index in [1.165, 1.54) is 7.11 Å². The minimum Gasteiger partial charge on any atom is -0.465 e. The summed E-state index contributed by atoms with van der Waals surface area (Å²) in [7, 11) is 1.40. The van der Waals surface area contributed by atoms with Crippen LogP contribution in [0.15, 0.2) is 46.3 Å². The predicted molar refractivity (Wildman–Crippen MR) is 164 cm³/mol. The molecule has 1 saturated carbocycles. The van der Waals surface area contributed by atoms with Gasteiger partial charge in [0, 0.05) is 40.1 Å². The minimum atomic E-state index is -0.326. The molecule has 218 valence electrons. The Morgan fingerprint density at radius 2 is 1.88 bits per heavy atom. The molecule has 7 rings (SSSR count). The number of aryl methyl sites for hydroxylation is 2. The number of carbonyl (C=O) groups is 1. The predicted octanol–water partition coefficient (Wildman–Crippen LogP) is 8.12. The van der Waals surface area contributed by atoms with Crippen molar-refractivity contribution in [3.05, 3.63) is 74.8 Å². The molecule has 2 bridgehead atoms. The summed E-state index contributed by atoms with van der Waals surface area (Å²) >= 11 is 8.33. The van der Waals surface area contributed by atoms with Crippen molar-refractivity contribution in [2.24, 2.45) is 0 Å². The molecule has 0 amide bonds. The van der Waals surface area contributed by atoms with Crippen molar-refractivity contribution in [3.8, 4) is 22.5 Å². The zero-order valence-electron chi connectivity index (χ0n) is 24.1. The lowest BCUT2D eigenvalue weighted by atomic mass is 9.99. The van der Waals surface area contributed by atoms with E-state index in [0.717, 1.165) is 88.6 Å². The van der Waals surface area contributed by atoms with E-state index in [-0.39, 0.29) is 12.1 Å². The Morgan fingerprint density at radius 3 is 2.57 bits per heavy atom. The van der Waals surface area contributed by atoms with Gasteiger partial charge in [-0.1, -0.05) is 35.0 Å². The molecule has 3 aliphatic rings. The Bertz CT molecular complexity index is 1610. The number of thiazole rings is 1. The van der Waals surface area contributed by atoms with Gasteiger partial charge in [0.15, 0.2) is 5.13 Å². The smallest absolute Gasteiger partial charge is 0.337 e. The second-order valence-corrected chi connectivity index (χ2v) is 13.1. The van der Waals surface area contributed by atoms with E-state index < -0.39 is 0 Å². The fraction of sp³-hybridized carbons (Fsp3) is 0.424. The summed E-state index contributed by atoms with van der Waals surface area (Å²) in [6.07, 6.45) is 6.69. The number of fused-ring (bicyclic) bond motifs is 2. The standard InChI is InChI=1S/C33H34ClN3O4S/c1-18-5-4-6-27(34)29(18)30-26(31(41-36-30)20-7-8-20)16-40-24-14-22-10-11-23(15-24)37(22)33-35-28(17-42-33)25-12-9-21(13-19(25)2)32(38)39-3/h4-6,9,12-13,17,20,22-24H,7-8,10-11,14-16H2,1-3H3/t22-,23+,24+. The molecule has 9 heteroatoms. The molecule has 2 aliphatic heterocycles. The first-order valence-corrected chi connectivity index (χ1v) is 16.0. The van der Waals surface area contributed by atoms with Crippen LogP contribution in [0.2, 0.25) is 5.02 Å². The Kier molecular flexibility index (Phi) is 7.32. The largest absolute Gasteiger partial charge is 0.465 e. The van der Waals surface area contributed by atoms with Crippen LogP contribution in [0.3, 0.4) is 0 Å². The lowest BCUT2D eigenvalue weighted by molar-refractivity contribution is 0.0147. The SMILES string of the molecule is COC(=O)c1ccc(-c2csc(N3[C@@H]4CC[C@H]3C[C@@H](OCc3c(-c5c(C)cccc5Cl)noc3C3CC3)C4)n2)c(C)c1. The molecule has 7 nitrogen and oxygen atoms in total. The minimum absolute atomic E-state index is 0.174.